The molecule has 0 amide bonds. The highest BCUT2D eigenvalue weighted by Gasteiger charge is 2.11. The second-order valence-electron chi connectivity index (χ2n) is 4.32. The molecule has 0 spiro atoms. The predicted octanol–water partition coefficient (Wildman–Crippen LogP) is 5.06. The topological polar surface area (TPSA) is 39.2 Å². The number of rotatable bonds is 2. The van der Waals surface area contributed by atoms with Crippen molar-refractivity contribution in [3.63, 3.8) is 0 Å². The average Bonchev–Trinajstić information content (AvgIpc) is 2.92. The second kappa shape index (κ2) is 5.64. The molecule has 3 rings (SSSR count). The Labute approximate surface area is 135 Å². The third kappa shape index (κ3) is 2.75. The minimum atomic E-state index is -0.360. The normalized spacial score (nSPS) is 10.8. The number of thiazole rings is 1. The van der Waals surface area contributed by atoms with Crippen molar-refractivity contribution in [1.82, 2.24) is 4.98 Å². The van der Waals surface area contributed by atoms with Crippen LogP contribution in [-0.2, 0) is 4.74 Å². The Hall–Kier alpha value is -1.62. The number of carbonyl (C=O) groups is 1. The van der Waals surface area contributed by atoms with E-state index in [4.69, 9.17) is 27.9 Å². The molecule has 3 aromatic rings. The van der Waals surface area contributed by atoms with Crippen LogP contribution < -0.4 is 0 Å². The fraction of sp³-hybridized carbons (Fsp3) is 0.0667. The number of nitrogens with zero attached hydrogens (tertiary/aromatic N) is 1. The molecule has 1 heterocycles. The number of esters is 1. The number of benzene rings is 2. The molecule has 0 fully saturated rings. The zero-order valence-corrected chi connectivity index (χ0v) is 13.2. The number of halogens is 2. The average molecular weight is 338 g/mol. The van der Waals surface area contributed by atoms with Gasteiger partial charge in [0, 0.05) is 5.56 Å². The molecule has 0 atom stereocenters. The lowest BCUT2D eigenvalue weighted by Gasteiger charge is -1.98. The van der Waals surface area contributed by atoms with Crippen molar-refractivity contribution in [2.75, 3.05) is 7.11 Å². The number of ether oxygens (including phenoxy) is 1. The summed E-state index contributed by atoms with van der Waals surface area (Å²) in [6.07, 6.45) is 0. The lowest BCUT2D eigenvalue weighted by Crippen LogP contribution is -1.99. The molecule has 0 saturated carbocycles. The largest absolute Gasteiger partial charge is 0.465 e. The zero-order valence-electron chi connectivity index (χ0n) is 10.9. The van der Waals surface area contributed by atoms with E-state index in [-0.39, 0.29) is 5.97 Å². The molecule has 0 unspecified atom stereocenters. The molecule has 2 aromatic carbocycles. The number of fused-ring (bicyclic) bond motifs is 1. The van der Waals surface area contributed by atoms with Gasteiger partial charge in [0.1, 0.15) is 5.01 Å². The molecule has 0 aliphatic rings. The molecule has 0 bridgehead atoms. The van der Waals surface area contributed by atoms with Gasteiger partial charge in [0.05, 0.1) is 32.9 Å². The standard InChI is InChI=1S/C15H9Cl2NO2S/c1-20-15(19)9-3-5-12-13(7-9)21-14(18-12)8-2-4-10(16)11(17)6-8/h2-7H,1H3. The van der Waals surface area contributed by atoms with Gasteiger partial charge in [-0.1, -0.05) is 29.3 Å². The first-order valence-electron chi connectivity index (χ1n) is 6.03. The van der Waals surface area contributed by atoms with Crippen LogP contribution in [0, 0.1) is 0 Å². The van der Waals surface area contributed by atoms with E-state index in [0.29, 0.717) is 15.6 Å². The first-order valence-corrected chi connectivity index (χ1v) is 7.60. The summed E-state index contributed by atoms with van der Waals surface area (Å²) in [5, 5.41) is 1.82. The second-order valence-corrected chi connectivity index (χ2v) is 6.17. The van der Waals surface area contributed by atoms with Gasteiger partial charge in [-0.05, 0) is 30.3 Å². The van der Waals surface area contributed by atoms with Gasteiger partial charge in [0.15, 0.2) is 0 Å². The Balaban J connectivity index is 2.08. The van der Waals surface area contributed by atoms with Crippen molar-refractivity contribution in [3.05, 3.63) is 52.0 Å². The van der Waals surface area contributed by atoms with Crippen LogP contribution in [0.15, 0.2) is 36.4 Å². The van der Waals surface area contributed by atoms with Crippen molar-refractivity contribution in [3.8, 4) is 10.6 Å². The van der Waals surface area contributed by atoms with Gasteiger partial charge in [-0.2, -0.15) is 0 Å². The number of hydrogen-bond acceptors (Lipinski definition) is 4. The Morgan fingerprint density at radius 2 is 1.95 bits per heavy atom. The summed E-state index contributed by atoms with van der Waals surface area (Å²) < 4.78 is 5.63. The van der Waals surface area contributed by atoms with Gasteiger partial charge in [0.2, 0.25) is 0 Å². The summed E-state index contributed by atoms with van der Waals surface area (Å²) in [7, 11) is 1.36. The Morgan fingerprint density at radius 1 is 1.14 bits per heavy atom. The first kappa shape index (κ1) is 14.3. The van der Waals surface area contributed by atoms with E-state index in [1.807, 2.05) is 6.07 Å². The highest BCUT2D eigenvalue weighted by molar-refractivity contribution is 7.21. The van der Waals surface area contributed by atoms with Crippen LogP contribution in [0.2, 0.25) is 10.0 Å². The summed E-state index contributed by atoms with van der Waals surface area (Å²) in [5.74, 6) is -0.360. The maximum absolute atomic E-state index is 11.5. The van der Waals surface area contributed by atoms with Crippen molar-refractivity contribution in [2.24, 2.45) is 0 Å². The fourth-order valence-corrected chi connectivity index (χ4v) is 3.22. The van der Waals surface area contributed by atoms with Crippen LogP contribution in [0.3, 0.4) is 0 Å². The van der Waals surface area contributed by atoms with Crippen molar-refractivity contribution >= 4 is 50.7 Å². The third-order valence-electron chi connectivity index (χ3n) is 2.98. The van der Waals surface area contributed by atoms with Crippen LogP contribution in [0.4, 0.5) is 0 Å². The van der Waals surface area contributed by atoms with Gasteiger partial charge in [-0.15, -0.1) is 11.3 Å². The number of hydrogen-bond donors (Lipinski definition) is 0. The van der Waals surface area contributed by atoms with Crippen LogP contribution >= 0.6 is 34.5 Å². The van der Waals surface area contributed by atoms with Crippen molar-refractivity contribution < 1.29 is 9.53 Å². The fourth-order valence-electron chi connectivity index (χ4n) is 1.92. The van der Waals surface area contributed by atoms with E-state index in [1.54, 1.807) is 30.3 Å². The molecule has 106 valence electrons. The molecular weight excluding hydrogens is 329 g/mol. The zero-order chi connectivity index (χ0) is 15.0. The van der Waals surface area contributed by atoms with E-state index in [2.05, 4.69) is 4.98 Å². The lowest BCUT2D eigenvalue weighted by molar-refractivity contribution is 0.0601. The molecule has 0 saturated heterocycles. The number of carbonyl (C=O) groups excluding carboxylic acids is 1. The molecule has 3 nitrogen and oxygen atoms in total. The number of aromatic nitrogens is 1. The highest BCUT2D eigenvalue weighted by atomic mass is 35.5. The van der Waals surface area contributed by atoms with Crippen molar-refractivity contribution in [2.45, 2.75) is 0 Å². The van der Waals surface area contributed by atoms with Crippen LogP contribution in [0.5, 0.6) is 0 Å². The Morgan fingerprint density at radius 3 is 2.67 bits per heavy atom. The molecule has 21 heavy (non-hydrogen) atoms. The quantitative estimate of drug-likeness (QED) is 0.613. The van der Waals surface area contributed by atoms with Gasteiger partial charge < -0.3 is 4.74 Å². The SMILES string of the molecule is COC(=O)c1ccc2nc(-c3ccc(Cl)c(Cl)c3)sc2c1. The van der Waals surface area contributed by atoms with Crippen LogP contribution in [0.1, 0.15) is 10.4 Å². The van der Waals surface area contributed by atoms with Gasteiger partial charge >= 0.3 is 5.97 Å². The maximum Gasteiger partial charge on any atom is 0.337 e. The van der Waals surface area contributed by atoms with Gasteiger partial charge in [-0.25, -0.2) is 9.78 Å². The lowest BCUT2D eigenvalue weighted by atomic mass is 10.2. The molecule has 6 heteroatoms. The first-order chi connectivity index (χ1) is 10.1. The third-order valence-corrected chi connectivity index (χ3v) is 4.78. The highest BCUT2D eigenvalue weighted by Crippen LogP contribution is 2.34. The van der Waals surface area contributed by atoms with E-state index in [9.17, 15) is 4.79 Å². The minimum absolute atomic E-state index is 0.360. The minimum Gasteiger partial charge on any atom is -0.465 e. The Kier molecular flexibility index (Phi) is 3.85. The van der Waals surface area contributed by atoms with Gasteiger partial charge in [0.25, 0.3) is 0 Å². The summed E-state index contributed by atoms with van der Waals surface area (Å²) in [6.45, 7) is 0. The maximum atomic E-state index is 11.5. The summed E-state index contributed by atoms with van der Waals surface area (Å²) in [6, 6.07) is 10.7. The summed E-state index contributed by atoms with van der Waals surface area (Å²) >= 11 is 13.4. The number of methoxy groups -OCH3 is 1. The predicted molar refractivity (Wildman–Crippen MR) is 86.4 cm³/mol. The molecular formula is C15H9Cl2NO2S. The van der Waals surface area contributed by atoms with Crippen LogP contribution in [0.25, 0.3) is 20.8 Å². The summed E-state index contributed by atoms with van der Waals surface area (Å²) in [4.78, 5) is 16.1. The molecule has 0 aliphatic carbocycles. The van der Waals surface area contributed by atoms with E-state index in [1.165, 1.54) is 18.4 Å². The van der Waals surface area contributed by atoms with E-state index < -0.39 is 0 Å². The summed E-state index contributed by atoms with van der Waals surface area (Å²) in [5.41, 5.74) is 2.23. The van der Waals surface area contributed by atoms with Crippen LogP contribution in [-0.4, -0.2) is 18.1 Å². The monoisotopic (exact) mass is 337 g/mol. The molecule has 1 aromatic heterocycles. The molecule has 0 N–H and O–H groups in total. The Bertz CT molecular complexity index is 845. The molecule has 0 aliphatic heterocycles. The van der Waals surface area contributed by atoms with E-state index in [0.717, 1.165) is 20.8 Å². The molecule has 0 radical (unpaired) electrons. The van der Waals surface area contributed by atoms with E-state index >= 15 is 0 Å². The van der Waals surface area contributed by atoms with Crippen molar-refractivity contribution in [1.29, 1.82) is 0 Å². The smallest absolute Gasteiger partial charge is 0.337 e. The van der Waals surface area contributed by atoms with Gasteiger partial charge in [-0.3, -0.25) is 0 Å².